The number of nitrogens with zero attached hydrogens (tertiary/aromatic N) is 6. The van der Waals surface area contributed by atoms with Crippen LogP contribution in [0.4, 0.5) is 0 Å². The Morgan fingerprint density at radius 2 is 0.632 bits per heavy atom. The molecule has 8 aromatic heterocycles. The van der Waals surface area contributed by atoms with Gasteiger partial charge in [0.2, 0.25) is 11.1 Å². The molecule has 0 saturated heterocycles. The fourth-order valence-corrected chi connectivity index (χ4v) is 20.4. The van der Waals surface area contributed by atoms with Crippen molar-refractivity contribution in [3.8, 4) is 67.5 Å². The standard InChI is InChI=1S/C33H38N2O4.C30H32N2O4.C29H30N2O5.C27H28N2O4/c1-19-17-24-22(10-9-20(2)35-24)29(23-11-12-25-28-21(14-16-37-25)13-15-34-30(23)28)27(19)26(39-33(6,7)8)18-38-31(36)32(3,4)5;1-17-15-23-21(8-7-18(2)32-23)28(26(17)25(16-35-19(3)33)36-30(4,5)6)22-9-10-24-27-20(12-14-34-24)11-13-31-29(22)27;1-16-14-21-19(7-9-24(33)31-21)27(25(16)23(15-35-17(2)32)36-29(3,4)5)20-6-8-22-26-18(11-13-34-22)10-12-30-28(20)26;1-15-13-19-17(6-8-22(31)29-19)25(23(15)21(14-30)33-27(2,3)4)18-5-7-20-24-16(10-12-32-20)9-11-28-26(18)24/h9-13,15,17,26H,14,16,18H2,1-8H3;7-11,13,15,25H,12,14,16H2,1-6H3;6-10,12,14,23H,11,13,15H2,1-5H3,(H,31,33);5-9,11,13,21,30H,10,12,14H2,1-4H3,(H,29,31)/t26-;25-;23-;21-/m1111/s1. The molecule has 144 heavy (non-hydrogen) atoms. The van der Waals surface area contributed by atoms with E-state index in [1.807, 2.05) is 241 Å². The topological polar surface area (TPSA) is 316 Å². The summed E-state index contributed by atoms with van der Waals surface area (Å²) in [4.78, 5) is 95.6. The van der Waals surface area contributed by atoms with Gasteiger partial charge in [0, 0.05) is 164 Å². The van der Waals surface area contributed by atoms with Crippen LogP contribution in [0, 0.1) is 47.0 Å². The van der Waals surface area contributed by atoms with E-state index in [0.29, 0.717) is 26.4 Å². The molecule has 25 nitrogen and oxygen atoms in total. The molecule has 4 atom stereocenters. The number of carbonyl (C=O) groups is 3. The molecule has 12 heterocycles. The fraction of sp³-hybridized carbons (Fsp3) is 0.370. The SMILES string of the molecule is CC(=O)OC[C@@H](OC(C)(C)C)c1c(C)cc2[nH]c(=O)ccc2c1-c1ccc2c3c(ccnc13)CCO2.CC(=O)OC[C@@H](OC(C)(C)C)c1c(C)cc2nc(C)ccc2c1-c1ccc2c3c(ccnc13)CCO2.Cc1cc2[nH]c(=O)ccc2c(-c2ccc3c4c(ccnc24)CCO3)c1[C@@H](CO)OC(C)(C)C.Cc1ccc2c(-c3ccc4c5c(ccnc35)CCO4)c([C@@H](COC(=O)C(C)(C)C)OC(C)(C)C)c(C)cc2n1. The number of aliphatic hydroxyl groups is 1. The monoisotopic (exact) mass is 1940 g/mol. The molecule has 0 aliphatic carbocycles. The Bertz CT molecular complexity index is 7840. The molecule has 0 bridgehead atoms. The smallest absolute Gasteiger partial charge is 0.311 e. The van der Waals surface area contributed by atoms with Crippen LogP contribution in [0.2, 0.25) is 0 Å². The number of ether oxygens (including phenoxy) is 11. The first-order valence-electron chi connectivity index (χ1n) is 49.4. The van der Waals surface area contributed by atoms with Crippen molar-refractivity contribution in [2.75, 3.05) is 52.9 Å². The quantitative estimate of drug-likeness (QED) is 0.0500. The Labute approximate surface area is 838 Å². The van der Waals surface area contributed by atoms with Crippen molar-refractivity contribution in [2.45, 2.75) is 232 Å². The minimum absolute atomic E-state index is 0.0626. The molecule has 746 valence electrons. The number of carbonyl (C=O) groups excluding carboxylic acids is 3. The van der Waals surface area contributed by atoms with Crippen molar-refractivity contribution in [1.82, 2.24) is 39.9 Å². The van der Waals surface area contributed by atoms with E-state index in [9.17, 15) is 29.1 Å². The van der Waals surface area contributed by atoms with Gasteiger partial charge in [0.05, 0.1) is 94.0 Å². The number of pyridine rings is 8. The van der Waals surface area contributed by atoms with Gasteiger partial charge in [0.15, 0.2) is 0 Å². The average Bonchev–Trinajstić information content (AvgIpc) is 0.766. The summed E-state index contributed by atoms with van der Waals surface area (Å²) in [5, 5.41) is 18.3. The van der Waals surface area contributed by atoms with Gasteiger partial charge in [-0.1, -0.05) is 12.1 Å². The number of nitrogens with one attached hydrogen (secondary N) is 2. The van der Waals surface area contributed by atoms with Crippen LogP contribution >= 0.6 is 0 Å². The Morgan fingerprint density at radius 3 is 0.924 bits per heavy atom. The second kappa shape index (κ2) is 40.7. The van der Waals surface area contributed by atoms with Crippen molar-refractivity contribution in [3.63, 3.8) is 0 Å². The van der Waals surface area contributed by atoms with E-state index >= 15 is 0 Å². The summed E-state index contributed by atoms with van der Waals surface area (Å²) in [6, 6.07) is 47.6. The number of aromatic amines is 2. The molecule has 8 aromatic carbocycles. The van der Waals surface area contributed by atoms with Crippen LogP contribution in [0.15, 0.2) is 180 Å². The van der Waals surface area contributed by atoms with Crippen LogP contribution in [0.3, 0.4) is 0 Å². The summed E-state index contributed by atoms with van der Waals surface area (Å²) in [6.07, 6.45) is 8.70. The summed E-state index contributed by atoms with van der Waals surface area (Å²) >= 11 is 0. The second-order valence-electron chi connectivity index (χ2n) is 42.7. The molecule has 25 heteroatoms. The van der Waals surface area contributed by atoms with E-state index in [-0.39, 0.29) is 55.5 Å². The Hall–Kier alpha value is -14.0. The summed E-state index contributed by atoms with van der Waals surface area (Å²) in [6.45, 7) is 47.2. The number of esters is 3. The van der Waals surface area contributed by atoms with Gasteiger partial charge in [-0.05, 0) is 356 Å². The predicted molar refractivity (Wildman–Crippen MR) is 566 cm³/mol. The Balaban J connectivity index is 0.000000132. The molecule has 0 unspecified atom stereocenters. The molecule has 0 radical (unpaired) electrons. The summed E-state index contributed by atoms with van der Waals surface area (Å²) in [5.74, 6) is 2.40. The van der Waals surface area contributed by atoms with E-state index in [1.165, 1.54) is 48.2 Å². The van der Waals surface area contributed by atoms with Crippen molar-refractivity contribution in [3.05, 3.63) is 269 Å². The number of aliphatic hydroxyl groups excluding tert-OH is 1. The molecular formula is C119H128N8O17. The highest BCUT2D eigenvalue weighted by Gasteiger charge is 2.37. The zero-order chi connectivity index (χ0) is 103. The Kier molecular flexibility index (Phi) is 28.7. The molecule has 0 saturated carbocycles. The average molecular weight is 1940 g/mol. The van der Waals surface area contributed by atoms with E-state index in [0.717, 1.165) is 236 Å². The number of aryl methyl sites for hydroxylation is 6. The summed E-state index contributed by atoms with van der Waals surface area (Å²) in [7, 11) is 0. The molecule has 16 aromatic rings. The second-order valence-corrected chi connectivity index (χ2v) is 42.7. The maximum Gasteiger partial charge on any atom is 0.311 e. The first-order valence-corrected chi connectivity index (χ1v) is 49.4. The zero-order valence-corrected chi connectivity index (χ0v) is 86.6. The van der Waals surface area contributed by atoms with Gasteiger partial charge in [-0.2, -0.15) is 0 Å². The highest BCUT2D eigenvalue weighted by Crippen LogP contribution is 2.52. The van der Waals surface area contributed by atoms with Crippen molar-refractivity contribution < 1.29 is 71.6 Å². The Morgan fingerprint density at radius 1 is 0.354 bits per heavy atom. The zero-order valence-electron chi connectivity index (χ0n) is 86.6. The highest BCUT2D eigenvalue weighted by molar-refractivity contribution is 6.12. The van der Waals surface area contributed by atoms with Crippen LogP contribution < -0.4 is 30.1 Å². The van der Waals surface area contributed by atoms with Crippen LogP contribution in [0.5, 0.6) is 23.0 Å². The van der Waals surface area contributed by atoms with Crippen LogP contribution in [-0.2, 0) is 73.2 Å². The molecule has 0 fully saturated rings. The number of benzene rings is 8. The number of hydrogen-bond acceptors (Lipinski definition) is 23. The van der Waals surface area contributed by atoms with E-state index in [1.54, 1.807) is 0 Å². The van der Waals surface area contributed by atoms with Gasteiger partial charge in [0.1, 0.15) is 67.2 Å². The van der Waals surface area contributed by atoms with Crippen molar-refractivity contribution in [1.29, 1.82) is 0 Å². The number of fused-ring (bicyclic) bond motifs is 4. The van der Waals surface area contributed by atoms with Gasteiger partial charge >= 0.3 is 17.9 Å². The maximum absolute atomic E-state index is 12.8. The third-order valence-corrected chi connectivity index (χ3v) is 26.0. The number of aromatic nitrogens is 8. The number of rotatable bonds is 19. The third kappa shape index (κ3) is 21.6. The lowest BCUT2D eigenvalue weighted by molar-refractivity contribution is -0.162. The normalized spacial score (nSPS) is 14.2. The highest BCUT2D eigenvalue weighted by atomic mass is 16.6. The van der Waals surface area contributed by atoms with Gasteiger partial charge in [-0.25, -0.2) is 0 Å². The molecule has 4 aliphatic rings. The van der Waals surface area contributed by atoms with E-state index < -0.39 is 52.2 Å². The van der Waals surface area contributed by atoms with E-state index in [2.05, 4.69) is 72.3 Å². The lowest BCUT2D eigenvalue weighted by Crippen LogP contribution is -2.30. The number of H-pyrrole nitrogens is 2. The summed E-state index contributed by atoms with van der Waals surface area (Å²) in [5.41, 5.74) is 25.9. The lowest BCUT2D eigenvalue weighted by atomic mass is 9.86. The van der Waals surface area contributed by atoms with Crippen molar-refractivity contribution >= 4 is 105 Å². The van der Waals surface area contributed by atoms with Gasteiger partial charge in [-0.15, -0.1) is 0 Å². The third-order valence-electron chi connectivity index (χ3n) is 26.0. The molecule has 0 spiro atoms. The van der Waals surface area contributed by atoms with Crippen LogP contribution in [0.25, 0.3) is 132 Å². The first kappa shape index (κ1) is 102. The lowest BCUT2D eigenvalue weighted by Gasteiger charge is -2.31. The van der Waals surface area contributed by atoms with Crippen LogP contribution in [-0.4, -0.2) is 138 Å². The van der Waals surface area contributed by atoms with Gasteiger partial charge in [0.25, 0.3) is 0 Å². The summed E-state index contributed by atoms with van der Waals surface area (Å²) < 4.78 is 66.8. The number of hydrogen-bond donors (Lipinski definition) is 3. The fourth-order valence-electron chi connectivity index (χ4n) is 20.4. The molecule has 20 rings (SSSR count). The maximum atomic E-state index is 12.8. The molecule has 0 amide bonds. The largest absolute Gasteiger partial charge is 0.493 e. The first-order chi connectivity index (χ1) is 68.3. The minimum Gasteiger partial charge on any atom is -0.493 e. The van der Waals surface area contributed by atoms with E-state index in [4.69, 9.17) is 82.0 Å². The van der Waals surface area contributed by atoms with Gasteiger partial charge < -0.3 is 67.2 Å². The van der Waals surface area contributed by atoms with Crippen molar-refractivity contribution in [2.24, 2.45) is 5.41 Å². The minimum atomic E-state index is -0.616. The molecule has 4 aliphatic heterocycles. The molecule has 3 N–H and O–H groups in total. The van der Waals surface area contributed by atoms with Crippen LogP contribution in [0.1, 0.15) is 220 Å². The predicted octanol–water partition coefficient (Wildman–Crippen LogP) is 24.1. The van der Waals surface area contributed by atoms with Gasteiger partial charge in [-0.3, -0.25) is 53.9 Å². The molecular weight excluding hydrogens is 1810 g/mol.